The van der Waals surface area contributed by atoms with Gasteiger partial charge in [0.25, 0.3) is 5.56 Å². The standard InChI is InChI=1S/C19H12N2O3/c1-2-11-7-9-12(10-8-11)21-19(24)15-16(20-21)18(23)14-6-4-3-5-13(14)17(15)22/h2-10,20H,1H2. The average molecular weight is 316 g/mol. The minimum Gasteiger partial charge on any atom is -0.288 e. The molecule has 1 aliphatic rings. The summed E-state index contributed by atoms with van der Waals surface area (Å²) in [6, 6.07) is 13.6. The number of carbonyl (C=O) groups excluding carboxylic acids is 2. The fraction of sp³-hybridized carbons (Fsp3) is 0. The summed E-state index contributed by atoms with van der Waals surface area (Å²) in [5.74, 6) is -0.776. The molecule has 0 atom stereocenters. The van der Waals surface area contributed by atoms with Crippen LogP contribution in [0.5, 0.6) is 0 Å². The van der Waals surface area contributed by atoms with Crippen molar-refractivity contribution in [3.05, 3.63) is 93.4 Å². The fourth-order valence-corrected chi connectivity index (χ4v) is 2.90. The maximum Gasteiger partial charge on any atom is 0.283 e. The summed E-state index contributed by atoms with van der Waals surface area (Å²) in [7, 11) is 0. The van der Waals surface area contributed by atoms with E-state index in [0.29, 0.717) is 11.3 Å². The third-order valence-corrected chi connectivity index (χ3v) is 4.15. The highest BCUT2D eigenvalue weighted by molar-refractivity contribution is 6.27. The van der Waals surface area contributed by atoms with Crippen LogP contribution >= 0.6 is 0 Å². The van der Waals surface area contributed by atoms with E-state index in [1.807, 2.05) is 0 Å². The van der Waals surface area contributed by atoms with E-state index in [1.54, 1.807) is 54.6 Å². The van der Waals surface area contributed by atoms with Gasteiger partial charge >= 0.3 is 0 Å². The SMILES string of the molecule is C=Cc1ccc(-n2[nH]c3c(c2=O)C(=O)c2ccccc2C3=O)cc1. The number of hydrogen-bond donors (Lipinski definition) is 1. The molecule has 0 fully saturated rings. The van der Waals surface area contributed by atoms with Gasteiger partial charge in [-0.05, 0) is 17.7 Å². The summed E-state index contributed by atoms with van der Waals surface area (Å²) >= 11 is 0. The van der Waals surface area contributed by atoms with E-state index in [4.69, 9.17) is 0 Å². The molecule has 0 aliphatic heterocycles. The molecule has 1 heterocycles. The van der Waals surface area contributed by atoms with Gasteiger partial charge < -0.3 is 0 Å². The lowest BCUT2D eigenvalue weighted by Crippen LogP contribution is -2.25. The van der Waals surface area contributed by atoms with E-state index in [1.165, 1.54) is 4.68 Å². The second-order valence-corrected chi connectivity index (χ2v) is 5.50. The molecule has 116 valence electrons. The Morgan fingerprint density at radius 2 is 1.50 bits per heavy atom. The summed E-state index contributed by atoms with van der Waals surface area (Å²) in [5, 5.41) is 2.78. The number of nitrogens with zero attached hydrogens (tertiary/aromatic N) is 1. The van der Waals surface area contributed by atoms with Crippen LogP contribution in [0.25, 0.3) is 11.8 Å². The second-order valence-electron chi connectivity index (χ2n) is 5.50. The molecule has 1 N–H and O–H groups in total. The van der Waals surface area contributed by atoms with Crippen LogP contribution in [-0.4, -0.2) is 21.3 Å². The van der Waals surface area contributed by atoms with Gasteiger partial charge in [0.05, 0.1) is 5.69 Å². The van der Waals surface area contributed by atoms with Crippen molar-refractivity contribution in [2.45, 2.75) is 0 Å². The molecule has 0 spiro atoms. The normalized spacial score (nSPS) is 12.7. The molecular formula is C19H12N2O3. The summed E-state index contributed by atoms with van der Waals surface area (Å²) in [5.41, 5.74) is 1.44. The first-order valence-electron chi connectivity index (χ1n) is 7.38. The van der Waals surface area contributed by atoms with Crippen LogP contribution in [0.2, 0.25) is 0 Å². The molecule has 0 amide bonds. The van der Waals surface area contributed by atoms with E-state index >= 15 is 0 Å². The van der Waals surface area contributed by atoms with Gasteiger partial charge in [0.2, 0.25) is 11.6 Å². The fourth-order valence-electron chi connectivity index (χ4n) is 2.90. The number of hydrogen-bond acceptors (Lipinski definition) is 3. The summed E-state index contributed by atoms with van der Waals surface area (Å²) in [6.45, 7) is 3.68. The van der Waals surface area contributed by atoms with E-state index in [2.05, 4.69) is 11.7 Å². The zero-order chi connectivity index (χ0) is 16.8. The van der Waals surface area contributed by atoms with Crippen molar-refractivity contribution in [3.63, 3.8) is 0 Å². The number of carbonyl (C=O) groups is 2. The summed E-state index contributed by atoms with van der Waals surface area (Å²) in [4.78, 5) is 37.9. The lowest BCUT2D eigenvalue weighted by Gasteiger charge is -2.11. The largest absolute Gasteiger partial charge is 0.288 e. The zero-order valence-corrected chi connectivity index (χ0v) is 12.6. The zero-order valence-electron chi connectivity index (χ0n) is 12.6. The van der Waals surface area contributed by atoms with Crippen molar-refractivity contribution in [1.29, 1.82) is 0 Å². The molecule has 0 unspecified atom stereocenters. The molecule has 0 saturated carbocycles. The maximum absolute atomic E-state index is 12.7. The number of benzene rings is 2. The first kappa shape index (κ1) is 14.1. The Balaban J connectivity index is 1.93. The van der Waals surface area contributed by atoms with Gasteiger partial charge in [0.1, 0.15) is 11.3 Å². The van der Waals surface area contributed by atoms with Crippen LogP contribution in [0.4, 0.5) is 0 Å². The number of rotatable bonds is 2. The number of aromatic amines is 1. The quantitative estimate of drug-likeness (QED) is 0.618. The third kappa shape index (κ3) is 1.85. The lowest BCUT2D eigenvalue weighted by atomic mass is 9.88. The molecule has 2 aromatic carbocycles. The van der Waals surface area contributed by atoms with E-state index in [9.17, 15) is 14.4 Å². The van der Waals surface area contributed by atoms with Crippen molar-refractivity contribution >= 4 is 17.6 Å². The topological polar surface area (TPSA) is 71.9 Å². The highest BCUT2D eigenvalue weighted by atomic mass is 16.2. The molecule has 1 aliphatic carbocycles. The summed E-state index contributed by atoms with van der Waals surface area (Å²) < 4.78 is 1.22. The van der Waals surface area contributed by atoms with Crippen molar-refractivity contribution in [2.75, 3.05) is 0 Å². The number of nitrogens with one attached hydrogen (secondary N) is 1. The Bertz CT molecular complexity index is 1070. The van der Waals surface area contributed by atoms with Gasteiger partial charge in [-0.1, -0.05) is 49.1 Å². The Labute approximate surface area is 136 Å². The molecule has 3 aromatic rings. The molecule has 5 nitrogen and oxygen atoms in total. The lowest BCUT2D eigenvalue weighted by molar-refractivity contribution is 0.0976. The predicted octanol–water partition coefficient (Wildman–Crippen LogP) is 2.58. The van der Waals surface area contributed by atoms with Crippen LogP contribution in [0.15, 0.2) is 59.9 Å². The smallest absolute Gasteiger partial charge is 0.283 e. The molecule has 4 rings (SSSR count). The van der Waals surface area contributed by atoms with Crippen LogP contribution in [0.1, 0.15) is 37.5 Å². The average Bonchev–Trinajstić information content (AvgIpc) is 2.97. The predicted molar refractivity (Wildman–Crippen MR) is 89.8 cm³/mol. The van der Waals surface area contributed by atoms with E-state index < -0.39 is 11.3 Å². The minimum absolute atomic E-state index is 0.0384. The maximum atomic E-state index is 12.7. The van der Waals surface area contributed by atoms with Gasteiger partial charge in [-0.15, -0.1) is 0 Å². The highest BCUT2D eigenvalue weighted by Crippen LogP contribution is 2.24. The van der Waals surface area contributed by atoms with Crippen LogP contribution in [0, 0.1) is 0 Å². The van der Waals surface area contributed by atoms with Gasteiger partial charge in [-0.3, -0.25) is 19.5 Å². The molecule has 0 saturated heterocycles. The Kier molecular flexibility index (Phi) is 2.96. The molecular weight excluding hydrogens is 304 g/mol. The number of aromatic nitrogens is 2. The number of fused-ring (bicyclic) bond motifs is 2. The Morgan fingerprint density at radius 3 is 2.12 bits per heavy atom. The van der Waals surface area contributed by atoms with E-state index in [-0.39, 0.29) is 22.6 Å². The van der Waals surface area contributed by atoms with Gasteiger partial charge in [-0.25, -0.2) is 4.68 Å². The van der Waals surface area contributed by atoms with Gasteiger partial charge in [0.15, 0.2) is 0 Å². The Hall–Kier alpha value is -3.47. The minimum atomic E-state index is -0.524. The molecule has 0 radical (unpaired) electrons. The van der Waals surface area contributed by atoms with E-state index in [0.717, 1.165) is 5.56 Å². The number of H-pyrrole nitrogens is 1. The van der Waals surface area contributed by atoms with Crippen LogP contribution in [-0.2, 0) is 0 Å². The third-order valence-electron chi connectivity index (χ3n) is 4.15. The van der Waals surface area contributed by atoms with Crippen molar-refractivity contribution in [1.82, 2.24) is 9.78 Å². The molecule has 0 bridgehead atoms. The summed E-state index contributed by atoms with van der Waals surface area (Å²) in [6.07, 6.45) is 1.69. The molecule has 1 aromatic heterocycles. The van der Waals surface area contributed by atoms with Crippen molar-refractivity contribution < 1.29 is 9.59 Å². The first-order valence-corrected chi connectivity index (χ1v) is 7.38. The van der Waals surface area contributed by atoms with Gasteiger partial charge in [-0.2, -0.15) is 0 Å². The van der Waals surface area contributed by atoms with Crippen LogP contribution < -0.4 is 5.56 Å². The number of ketones is 2. The monoisotopic (exact) mass is 316 g/mol. The van der Waals surface area contributed by atoms with Gasteiger partial charge in [0, 0.05) is 11.1 Å². The Morgan fingerprint density at radius 1 is 0.875 bits per heavy atom. The van der Waals surface area contributed by atoms with Crippen molar-refractivity contribution in [2.24, 2.45) is 0 Å². The van der Waals surface area contributed by atoms with Crippen molar-refractivity contribution in [3.8, 4) is 5.69 Å². The highest BCUT2D eigenvalue weighted by Gasteiger charge is 2.34. The molecule has 5 heteroatoms. The van der Waals surface area contributed by atoms with Crippen LogP contribution in [0.3, 0.4) is 0 Å². The molecule has 24 heavy (non-hydrogen) atoms. The second kappa shape index (κ2) is 5.03. The first-order chi connectivity index (χ1) is 11.6.